The van der Waals surface area contributed by atoms with Crippen molar-refractivity contribution in [2.75, 3.05) is 39.1 Å². The molecule has 0 bridgehead atoms. The molecule has 0 aliphatic carbocycles. The molecule has 0 aliphatic heterocycles. The molecular weight excluding hydrogens is 642 g/mol. The molecule has 1 atom stereocenters. The Kier molecular flexibility index (Phi) is 12.1. The van der Waals surface area contributed by atoms with Crippen molar-refractivity contribution in [1.82, 2.24) is 5.32 Å². The lowest BCUT2D eigenvalue weighted by Gasteiger charge is -2.16. The Morgan fingerprint density at radius 3 is 2.04 bits per heavy atom. The average Bonchev–Trinajstić information content (AvgIpc) is 3.09. The summed E-state index contributed by atoms with van der Waals surface area (Å²) >= 11 is 7.57. The number of ether oxygens (including phenoxy) is 4. The van der Waals surface area contributed by atoms with Gasteiger partial charge in [-0.3, -0.25) is 14.4 Å². The quantitative estimate of drug-likeness (QED) is 0.103. The predicted molar refractivity (Wildman–Crippen MR) is 185 cm³/mol. The van der Waals surface area contributed by atoms with Crippen molar-refractivity contribution in [3.05, 3.63) is 107 Å². The minimum Gasteiger partial charge on any atom is -0.495 e. The van der Waals surface area contributed by atoms with Gasteiger partial charge in [0.1, 0.15) is 17.2 Å². The number of halogens is 1. The van der Waals surface area contributed by atoms with Crippen LogP contribution >= 0.6 is 23.4 Å². The first-order chi connectivity index (χ1) is 22.6. The third-order valence-electron chi connectivity index (χ3n) is 6.77. The molecule has 0 fully saturated rings. The van der Waals surface area contributed by atoms with Crippen LogP contribution in [-0.4, -0.2) is 51.4 Å². The highest BCUT2D eigenvalue weighted by molar-refractivity contribution is 8.00. The Balaban J connectivity index is 1.47. The summed E-state index contributed by atoms with van der Waals surface area (Å²) in [7, 11) is 6.03. The summed E-state index contributed by atoms with van der Waals surface area (Å²) < 4.78 is 21.3. The monoisotopic (exact) mass is 675 g/mol. The molecule has 0 aliphatic rings. The summed E-state index contributed by atoms with van der Waals surface area (Å²) in [4.78, 5) is 40.2. The second kappa shape index (κ2) is 16.4. The summed E-state index contributed by atoms with van der Waals surface area (Å²) in [6.07, 6.45) is 1.55. The van der Waals surface area contributed by atoms with Gasteiger partial charge in [0.05, 0.1) is 44.4 Å². The molecule has 4 rings (SSSR count). The van der Waals surface area contributed by atoms with Crippen LogP contribution in [0.25, 0.3) is 6.08 Å². The van der Waals surface area contributed by atoms with Crippen molar-refractivity contribution in [2.45, 2.75) is 17.1 Å². The average molecular weight is 676 g/mol. The maximum absolute atomic E-state index is 13.5. The fraction of sp³-hybridized carbons (Fsp3) is 0.171. The molecule has 4 aromatic rings. The van der Waals surface area contributed by atoms with Gasteiger partial charge in [0.2, 0.25) is 5.91 Å². The molecule has 0 aromatic heterocycles. The van der Waals surface area contributed by atoms with E-state index in [0.29, 0.717) is 50.5 Å². The van der Waals surface area contributed by atoms with Gasteiger partial charge in [0.15, 0.2) is 11.5 Å². The van der Waals surface area contributed by atoms with Crippen LogP contribution < -0.4 is 34.9 Å². The zero-order valence-corrected chi connectivity index (χ0v) is 28.0. The largest absolute Gasteiger partial charge is 0.495 e. The number of nitrogens with one attached hydrogen (secondary N) is 3. The zero-order valence-electron chi connectivity index (χ0n) is 26.4. The number of carbonyl (C=O) groups is 3. The number of hydrogen-bond acceptors (Lipinski definition) is 8. The number of anilines is 2. The number of carbonyl (C=O) groups excluding carboxylic acids is 3. The first kappa shape index (κ1) is 34.7. The summed E-state index contributed by atoms with van der Waals surface area (Å²) in [6, 6.07) is 23.9. The van der Waals surface area contributed by atoms with Crippen molar-refractivity contribution in [2.24, 2.45) is 0 Å². The maximum Gasteiger partial charge on any atom is 0.272 e. The van der Waals surface area contributed by atoms with Gasteiger partial charge in [-0.25, -0.2) is 0 Å². The molecule has 1 unspecified atom stereocenters. The minimum atomic E-state index is -0.538. The van der Waals surface area contributed by atoms with Crippen molar-refractivity contribution >= 4 is 58.5 Å². The van der Waals surface area contributed by atoms with E-state index in [1.54, 1.807) is 97.9 Å². The summed E-state index contributed by atoms with van der Waals surface area (Å²) in [5.41, 5.74) is 1.93. The molecule has 4 aromatic carbocycles. The molecule has 244 valence electrons. The van der Waals surface area contributed by atoms with E-state index in [0.717, 1.165) is 4.90 Å². The van der Waals surface area contributed by atoms with Crippen LogP contribution in [0.3, 0.4) is 0 Å². The zero-order chi connectivity index (χ0) is 33.9. The van der Waals surface area contributed by atoms with Crippen LogP contribution in [0.4, 0.5) is 11.4 Å². The SMILES string of the molecule is COc1cc(OC)c(NC(=O)C(C)Sc2ccc(NC(=O)/C(=C/c3ccc(OC)c(OC)c3)NC(=O)c3ccccc3)cc2)cc1Cl. The number of methoxy groups -OCH3 is 4. The van der Waals surface area contributed by atoms with Crippen LogP contribution in [0.1, 0.15) is 22.8 Å². The second-order valence-corrected chi connectivity index (χ2v) is 11.7. The van der Waals surface area contributed by atoms with E-state index in [1.807, 2.05) is 0 Å². The molecule has 0 saturated heterocycles. The number of benzene rings is 4. The van der Waals surface area contributed by atoms with E-state index in [9.17, 15) is 14.4 Å². The summed E-state index contributed by atoms with van der Waals surface area (Å²) in [6.45, 7) is 1.77. The minimum absolute atomic E-state index is 0.0175. The Bertz CT molecular complexity index is 1770. The van der Waals surface area contributed by atoms with E-state index in [2.05, 4.69) is 16.0 Å². The molecule has 0 saturated carbocycles. The molecule has 0 radical (unpaired) electrons. The van der Waals surface area contributed by atoms with Gasteiger partial charge in [-0.1, -0.05) is 35.9 Å². The molecule has 10 nitrogen and oxygen atoms in total. The van der Waals surface area contributed by atoms with Crippen molar-refractivity contribution in [3.8, 4) is 23.0 Å². The molecule has 12 heteroatoms. The van der Waals surface area contributed by atoms with E-state index < -0.39 is 17.1 Å². The Morgan fingerprint density at radius 2 is 1.40 bits per heavy atom. The van der Waals surface area contributed by atoms with Crippen LogP contribution in [-0.2, 0) is 9.59 Å². The normalized spacial score (nSPS) is 11.6. The lowest BCUT2D eigenvalue weighted by atomic mass is 10.1. The van der Waals surface area contributed by atoms with E-state index in [-0.39, 0.29) is 11.6 Å². The van der Waals surface area contributed by atoms with Gasteiger partial charge in [0.25, 0.3) is 11.8 Å². The van der Waals surface area contributed by atoms with Crippen LogP contribution in [0.2, 0.25) is 5.02 Å². The second-order valence-electron chi connectivity index (χ2n) is 9.91. The third kappa shape index (κ3) is 9.21. The number of thioether (sulfide) groups is 1. The Hall–Kier alpha value is -5.13. The van der Waals surface area contributed by atoms with Crippen LogP contribution in [0.5, 0.6) is 23.0 Å². The number of hydrogen-bond donors (Lipinski definition) is 3. The smallest absolute Gasteiger partial charge is 0.272 e. The molecular formula is C35H34ClN3O7S. The molecule has 3 N–H and O–H groups in total. The lowest BCUT2D eigenvalue weighted by Crippen LogP contribution is -2.30. The highest BCUT2D eigenvalue weighted by Crippen LogP contribution is 2.36. The van der Waals surface area contributed by atoms with Gasteiger partial charge in [0, 0.05) is 22.2 Å². The highest BCUT2D eigenvalue weighted by atomic mass is 35.5. The standard InChI is InChI=1S/C35H34ClN3O7S/c1-21(33(40)38-27-19-26(36)30(44-3)20-31(27)45-4)47-25-14-12-24(13-15-25)37-35(42)28(39-34(41)23-9-7-6-8-10-23)17-22-11-16-29(43-2)32(18-22)46-5/h6-21H,1-5H3,(H,37,42)(H,38,40)(H,39,41)/b28-17-. The van der Waals surface area contributed by atoms with Gasteiger partial charge in [-0.2, -0.15) is 0 Å². The maximum atomic E-state index is 13.5. The Morgan fingerprint density at radius 1 is 0.745 bits per heavy atom. The third-order valence-corrected chi connectivity index (χ3v) is 8.18. The highest BCUT2D eigenvalue weighted by Gasteiger charge is 2.19. The lowest BCUT2D eigenvalue weighted by molar-refractivity contribution is -0.115. The fourth-order valence-electron chi connectivity index (χ4n) is 4.32. The summed E-state index contributed by atoms with van der Waals surface area (Å²) in [5, 5.41) is 8.25. The predicted octanol–water partition coefficient (Wildman–Crippen LogP) is 6.90. The van der Waals surface area contributed by atoms with Crippen LogP contribution in [0.15, 0.2) is 95.5 Å². The van der Waals surface area contributed by atoms with Gasteiger partial charge < -0.3 is 34.9 Å². The van der Waals surface area contributed by atoms with Gasteiger partial charge >= 0.3 is 0 Å². The number of amides is 3. The first-order valence-corrected chi connectivity index (χ1v) is 15.5. The van der Waals surface area contributed by atoms with Crippen molar-refractivity contribution in [1.29, 1.82) is 0 Å². The van der Waals surface area contributed by atoms with Gasteiger partial charge in [-0.15, -0.1) is 11.8 Å². The topological polar surface area (TPSA) is 124 Å². The summed E-state index contributed by atoms with van der Waals surface area (Å²) in [5.74, 6) is 0.600. The number of rotatable bonds is 13. The molecule has 0 spiro atoms. The van der Waals surface area contributed by atoms with Gasteiger partial charge in [-0.05, 0) is 73.2 Å². The van der Waals surface area contributed by atoms with Crippen molar-refractivity contribution in [3.63, 3.8) is 0 Å². The fourth-order valence-corrected chi connectivity index (χ4v) is 5.42. The first-order valence-electron chi connectivity index (χ1n) is 14.3. The van der Waals surface area contributed by atoms with E-state index >= 15 is 0 Å². The van der Waals surface area contributed by atoms with Crippen LogP contribution in [0, 0.1) is 0 Å². The van der Waals surface area contributed by atoms with Crippen molar-refractivity contribution < 1.29 is 33.3 Å². The molecule has 47 heavy (non-hydrogen) atoms. The Labute approximate surface area is 282 Å². The molecule has 0 heterocycles. The van der Waals surface area contributed by atoms with E-state index in [1.165, 1.54) is 40.2 Å². The molecule has 3 amide bonds. The van der Waals surface area contributed by atoms with E-state index in [4.69, 9.17) is 30.5 Å².